The number of carbonyl (C=O) groups is 1. The van der Waals surface area contributed by atoms with Crippen LogP contribution in [0.3, 0.4) is 0 Å². The van der Waals surface area contributed by atoms with Crippen molar-refractivity contribution < 1.29 is 19.2 Å². The third-order valence-electron chi connectivity index (χ3n) is 4.64. The lowest BCUT2D eigenvalue weighted by Crippen LogP contribution is -2.14. The summed E-state index contributed by atoms with van der Waals surface area (Å²) >= 11 is 10.2. The summed E-state index contributed by atoms with van der Waals surface area (Å²) in [5, 5.41) is 24.0. The SMILES string of the molecule is COc1ccc(NC(=O)/C(C#N)=C/c2cc(I)c(OCc3ccc(Cl)cc3)c(I)c2)c([N+](=O)[O-])c1. The first kappa shape index (κ1) is 26.7. The fraction of sp³-hybridized carbons (Fsp3) is 0.0833. The maximum Gasteiger partial charge on any atom is 0.296 e. The van der Waals surface area contributed by atoms with Crippen LogP contribution in [0.25, 0.3) is 6.08 Å². The first-order valence-corrected chi connectivity index (χ1v) is 12.4. The normalized spacial score (nSPS) is 10.9. The molecular weight excluding hydrogens is 700 g/mol. The summed E-state index contributed by atoms with van der Waals surface area (Å²) in [7, 11) is 1.38. The molecule has 11 heteroatoms. The van der Waals surface area contributed by atoms with E-state index in [9.17, 15) is 20.2 Å². The highest BCUT2D eigenvalue weighted by Gasteiger charge is 2.19. The molecular formula is C24H16ClI2N3O5. The van der Waals surface area contributed by atoms with Crippen molar-refractivity contribution in [1.29, 1.82) is 5.26 Å². The average molecular weight is 716 g/mol. The molecule has 0 saturated heterocycles. The molecule has 0 fully saturated rings. The van der Waals surface area contributed by atoms with E-state index >= 15 is 0 Å². The Labute approximate surface area is 233 Å². The molecule has 0 radical (unpaired) electrons. The van der Waals surface area contributed by atoms with E-state index in [4.69, 9.17) is 21.1 Å². The minimum Gasteiger partial charge on any atom is -0.496 e. The van der Waals surface area contributed by atoms with Gasteiger partial charge < -0.3 is 14.8 Å². The number of rotatable bonds is 8. The topological polar surface area (TPSA) is 114 Å². The Morgan fingerprint density at radius 2 is 1.83 bits per heavy atom. The number of nitriles is 1. The van der Waals surface area contributed by atoms with E-state index in [0.29, 0.717) is 22.9 Å². The largest absolute Gasteiger partial charge is 0.496 e. The van der Waals surface area contributed by atoms with Gasteiger partial charge in [-0.15, -0.1) is 0 Å². The van der Waals surface area contributed by atoms with Crippen LogP contribution >= 0.6 is 56.8 Å². The van der Waals surface area contributed by atoms with Gasteiger partial charge in [0.15, 0.2) is 0 Å². The third-order valence-corrected chi connectivity index (χ3v) is 6.50. The zero-order valence-electron chi connectivity index (χ0n) is 18.1. The van der Waals surface area contributed by atoms with Gasteiger partial charge >= 0.3 is 0 Å². The van der Waals surface area contributed by atoms with Crippen molar-refractivity contribution in [2.24, 2.45) is 0 Å². The Bertz CT molecular complexity index is 1330. The molecule has 35 heavy (non-hydrogen) atoms. The highest BCUT2D eigenvalue weighted by Crippen LogP contribution is 2.32. The van der Waals surface area contributed by atoms with Crippen molar-refractivity contribution in [3.63, 3.8) is 0 Å². The molecule has 178 valence electrons. The highest BCUT2D eigenvalue weighted by atomic mass is 127. The second kappa shape index (κ2) is 12.2. The van der Waals surface area contributed by atoms with Crippen LogP contribution in [0.2, 0.25) is 5.02 Å². The van der Waals surface area contributed by atoms with Gasteiger partial charge in [0.2, 0.25) is 0 Å². The molecule has 0 aliphatic heterocycles. The predicted molar refractivity (Wildman–Crippen MR) is 150 cm³/mol. The second-order valence-corrected chi connectivity index (χ2v) is 9.75. The van der Waals surface area contributed by atoms with Gasteiger partial charge in [-0.1, -0.05) is 23.7 Å². The zero-order chi connectivity index (χ0) is 25.5. The van der Waals surface area contributed by atoms with E-state index in [2.05, 4.69) is 50.5 Å². The smallest absolute Gasteiger partial charge is 0.296 e. The lowest BCUT2D eigenvalue weighted by Gasteiger charge is -2.12. The van der Waals surface area contributed by atoms with E-state index in [1.54, 1.807) is 24.3 Å². The molecule has 0 saturated carbocycles. The number of carbonyl (C=O) groups excluding carboxylic acids is 1. The number of nitro groups is 1. The van der Waals surface area contributed by atoms with Crippen molar-refractivity contribution in [2.75, 3.05) is 12.4 Å². The lowest BCUT2D eigenvalue weighted by molar-refractivity contribution is -0.384. The highest BCUT2D eigenvalue weighted by molar-refractivity contribution is 14.1. The number of benzene rings is 3. The summed E-state index contributed by atoms with van der Waals surface area (Å²) in [5.74, 6) is 0.178. The summed E-state index contributed by atoms with van der Waals surface area (Å²) in [4.78, 5) is 23.4. The molecule has 3 aromatic rings. The minimum absolute atomic E-state index is 0.0444. The van der Waals surface area contributed by atoms with E-state index in [-0.39, 0.29) is 22.7 Å². The zero-order valence-corrected chi connectivity index (χ0v) is 23.1. The van der Waals surface area contributed by atoms with Crippen molar-refractivity contribution in [2.45, 2.75) is 6.61 Å². The van der Waals surface area contributed by atoms with E-state index in [1.807, 2.05) is 18.2 Å². The van der Waals surface area contributed by atoms with Crippen LogP contribution in [0.5, 0.6) is 11.5 Å². The number of amides is 1. The first-order chi connectivity index (χ1) is 16.7. The van der Waals surface area contributed by atoms with Crippen LogP contribution in [0, 0.1) is 28.6 Å². The summed E-state index contributed by atoms with van der Waals surface area (Å²) in [6.07, 6.45) is 1.41. The second-order valence-electron chi connectivity index (χ2n) is 6.99. The standard InChI is InChI=1S/C24H16ClI2N3O5/c1-34-18-6-7-21(22(11-18)30(32)33)29-24(31)16(12-28)8-15-9-19(26)23(20(27)10-15)35-13-14-2-4-17(25)5-3-14/h2-11H,13H2,1H3,(H,29,31)/b16-8+. The number of anilines is 1. The van der Waals surface area contributed by atoms with Crippen molar-refractivity contribution in [3.05, 3.63) is 93.6 Å². The molecule has 3 aromatic carbocycles. The summed E-state index contributed by atoms with van der Waals surface area (Å²) in [6, 6.07) is 16.8. The number of nitrogens with zero attached hydrogens (tertiary/aromatic N) is 2. The molecule has 0 aliphatic carbocycles. The number of nitrogens with one attached hydrogen (secondary N) is 1. The molecule has 0 aliphatic rings. The van der Waals surface area contributed by atoms with E-state index in [0.717, 1.165) is 12.7 Å². The Morgan fingerprint density at radius 3 is 2.40 bits per heavy atom. The first-order valence-electron chi connectivity index (χ1n) is 9.83. The Morgan fingerprint density at radius 1 is 1.17 bits per heavy atom. The number of hydrogen-bond acceptors (Lipinski definition) is 6. The van der Waals surface area contributed by atoms with Crippen molar-refractivity contribution in [1.82, 2.24) is 0 Å². The Kier molecular flexibility index (Phi) is 9.30. The third kappa shape index (κ3) is 7.06. The Hall–Kier alpha value is -2.89. The fourth-order valence-corrected chi connectivity index (χ4v) is 5.19. The molecule has 0 unspecified atom stereocenters. The number of methoxy groups -OCH3 is 1. The molecule has 0 aromatic heterocycles. The molecule has 0 heterocycles. The van der Waals surface area contributed by atoms with Crippen molar-refractivity contribution >= 4 is 80.1 Å². The van der Waals surface area contributed by atoms with Gasteiger partial charge in [0.25, 0.3) is 11.6 Å². The summed E-state index contributed by atoms with van der Waals surface area (Å²) in [5.41, 5.74) is 0.962. The molecule has 1 amide bonds. The Balaban J connectivity index is 1.80. The molecule has 0 bridgehead atoms. The number of ether oxygens (including phenoxy) is 2. The van der Waals surface area contributed by atoms with Gasteiger partial charge in [-0.05, 0) is 98.8 Å². The minimum atomic E-state index is -0.770. The maximum absolute atomic E-state index is 12.7. The quantitative estimate of drug-likeness (QED) is 0.0926. The molecule has 1 N–H and O–H groups in total. The van der Waals surface area contributed by atoms with Gasteiger partial charge in [0, 0.05) is 5.02 Å². The lowest BCUT2D eigenvalue weighted by atomic mass is 10.1. The van der Waals surface area contributed by atoms with Crippen LogP contribution in [0.15, 0.2) is 60.2 Å². The molecule has 3 rings (SSSR count). The van der Waals surface area contributed by atoms with E-state index in [1.165, 1.54) is 31.4 Å². The van der Waals surface area contributed by atoms with Crippen LogP contribution in [0.4, 0.5) is 11.4 Å². The van der Waals surface area contributed by atoms with Crippen LogP contribution in [-0.4, -0.2) is 17.9 Å². The predicted octanol–water partition coefficient (Wildman–Crippen LogP) is 6.59. The van der Waals surface area contributed by atoms with Gasteiger partial charge in [0.05, 0.1) is 25.2 Å². The maximum atomic E-state index is 12.7. The average Bonchev–Trinajstić information content (AvgIpc) is 2.83. The van der Waals surface area contributed by atoms with Gasteiger partial charge in [-0.2, -0.15) is 5.26 Å². The van der Waals surface area contributed by atoms with Gasteiger partial charge in [0.1, 0.15) is 35.4 Å². The molecule has 8 nitrogen and oxygen atoms in total. The summed E-state index contributed by atoms with van der Waals surface area (Å²) in [6.45, 7) is 0.352. The fourth-order valence-electron chi connectivity index (χ4n) is 2.94. The monoisotopic (exact) mass is 715 g/mol. The van der Waals surface area contributed by atoms with Gasteiger partial charge in [-0.25, -0.2) is 0 Å². The van der Waals surface area contributed by atoms with Crippen LogP contribution in [-0.2, 0) is 11.4 Å². The molecule has 0 atom stereocenters. The van der Waals surface area contributed by atoms with E-state index < -0.39 is 10.8 Å². The van der Waals surface area contributed by atoms with Crippen molar-refractivity contribution in [3.8, 4) is 17.6 Å². The van der Waals surface area contributed by atoms with Gasteiger partial charge in [-0.3, -0.25) is 14.9 Å². The number of hydrogen-bond donors (Lipinski definition) is 1. The molecule has 0 spiro atoms. The number of halogens is 3. The number of nitro benzene ring substituents is 1. The van der Waals surface area contributed by atoms with Crippen LogP contribution in [0.1, 0.15) is 11.1 Å². The van der Waals surface area contributed by atoms with Crippen LogP contribution < -0.4 is 14.8 Å². The summed E-state index contributed by atoms with van der Waals surface area (Å²) < 4.78 is 12.5.